The number of benzene rings is 1. The van der Waals surface area contributed by atoms with Crippen LogP contribution in [0, 0.1) is 5.92 Å². The van der Waals surface area contributed by atoms with Crippen LogP contribution in [0.15, 0.2) is 18.2 Å². The van der Waals surface area contributed by atoms with E-state index in [1.165, 1.54) is 32.1 Å². The molecule has 1 aliphatic heterocycles. The number of carbonyl (C=O) groups is 2. The van der Waals surface area contributed by atoms with Crippen molar-refractivity contribution in [3.63, 3.8) is 0 Å². The fourth-order valence-electron chi connectivity index (χ4n) is 3.75. The first-order valence-corrected chi connectivity index (χ1v) is 9.05. The molecule has 0 aromatic heterocycles. The molecule has 1 fully saturated rings. The Kier molecular flexibility index (Phi) is 5.38. The van der Waals surface area contributed by atoms with Crippen LogP contribution in [-0.2, 0) is 4.79 Å². The van der Waals surface area contributed by atoms with Gasteiger partial charge in [-0.1, -0.05) is 32.6 Å². The minimum atomic E-state index is -0.189. The standard InChI is InChI=1S/C19H26N2O3/c1-2-6-15(13-7-4-3-5-8-13)21-19(23)14-9-10-17-16(11-14)20-18(22)12-24-17/h9-11,13,15H,2-8,12H2,1H3,(H,20,22)(H,21,23). The van der Waals surface area contributed by atoms with Gasteiger partial charge in [0, 0.05) is 11.6 Å². The number of carbonyl (C=O) groups excluding carboxylic acids is 2. The highest BCUT2D eigenvalue weighted by atomic mass is 16.5. The molecule has 0 spiro atoms. The lowest BCUT2D eigenvalue weighted by atomic mass is 9.82. The Morgan fingerprint density at radius 2 is 2.12 bits per heavy atom. The normalized spacial score (nSPS) is 19.0. The lowest BCUT2D eigenvalue weighted by Gasteiger charge is -2.31. The lowest BCUT2D eigenvalue weighted by molar-refractivity contribution is -0.118. The summed E-state index contributed by atoms with van der Waals surface area (Å²) in [7, 11) is 0. The van der Waals surface area contributed by atoms with Gasteiger partial charge in [-0.2, -0.15) is 0 Å². The van der Waals surface area contributed by atoms with Crippen LogP contribution in [0.3, 0.4) is 0 Å². The van der Waals surface area contributed by atoms with Crippen LogP contribution in [0.25, 0.3) is 0 Å². The molecule has 1 saturated carbocycles. The first-order valence-electron chi connectivity index (χ1n) is 9.05. The topological polar surface area (TPSA) is 67.4 Å². The van der Waals surface area contributed by atoms with Crippen molar-refractivity contribution in [1.29, 1.82) is 0 Å². The third-order valence-corrected chi connectivity index (χ3v) is 5.01. The number of rotatable bonds is 5. The van der Waals surface area contributed by atoms with Crippen LogP contribution in [0.1, 0.15) is 62.2 Å². The van der Waals surface area contributed by atoms with Crippen LogP contribution in [-0.4, -0.2) is 24.5 Å². The number of ether oxygens (including phenoxy) is 1. The van der Waals surface area contributed by atoms with Crippen molar-refractivity contribution in [2.75, 3.05) is 11.9 Å². The van der Waals surface area contributed by atoms with E-state index in [0.29, 0.717) is 22.9 Å². The molecule has 0 radical (unpaired) electrons. The molecule has 5 heteroatoms. The second-order valence-electron chi connectivity index (χ2n) is 6.81. The predicted octanol–water partition coefficient (Wildman–Crippen LogP) is 3.50. The summed E-state index contributed by atoms with van der Waals surface area (Å²) in [6, 6.07) is 5.45. The van der Waals surface area contributed by atoms with Crippen molar-refractivity contribution in [2.24, 2.45) is 5.92 Å². The summed E-state index contributed by atoms with van der Waals surface area (Å²) < 4.78 is 5.34. The highest BCUT2D eigenvalue weighted by molar-refractivity contribution is 5.99. The third kappa shape index (κ3) is 3.89. The molecule has 130 valence electrons. The maximum Gasteiger partial charge on any atom is 0.262 e. The first-order chi connectivity index (χ1) is 11.7. The van der Waals surface area contributed by atoms with Gasteiger partial charge in [-0.15, -0.1) is 0 Å². The maximum absolute atomic E-state index is 12.7. The highest BCUT2D eigenvalue weighted by Gasteiger charge is 2.25. The van der Waals surface area contributed by atoms with E-state index in [-0.39, 0.29) is 24.5 Å². The minimum absolute atomic E-state index is 0.0266. The third-order valence-electron chi connectivity index (χ3n) is 5.01. The molecule has 1 unspecified atom stereocenters. The van der Waals surface area contributed by atoms with Crippen LogP contribution >= 0.6 is 0 Å². The minimum Gasteiger partial charge on any atom is -0.482 e. The number of hydrogen-bond donors (Lipinski definition) is 2. The molecule has 24 heavy (non-hydrogen) atoms. The summed E-state index contributed by atoms with van der Waals surface area (Å²) in [6.07, 6.45) is 8.34. The quantitative estimate of drug-likeness (QED) is 0.868. The largest absolute Gasteiger partial charge is 0.482 e. The number of nitrogens with one attached hydrogen (secondary N) is 2. The van der Waals surface area contributed by atoms with Gasteiger partial charge in [0.2, 0.25) is 0 Å². The van der Waals surface area contributed by atoms with Crippen molar-refractivity contribution in [1.82, 2.24) is 5.32 Å². The highest BCUT2D eigenvalue weighted by Crippen LogP contribution is 2.30. The van der Waals surface area contributed by atoms with Crippen molar-refractivity contribution in [2.45, 2.75) is 57.9 Å². The zero-order chi connectivity index (χ0) is 16.9. The number of amides is 2. The molecule has 0 bridgehead atoms. The van der Waals surface area contributed by atoms with E-state index in [0.717, 1.165) is 12.8 Å². The monoisotopic (exact) mass is 330 g/mol. The summed E-state index contributed by atoms with van der Waals surface area (Å²) in [6.45, 7) is 2.19. The summed E-state index contributed by atoms with van der Waals surface area (Å²) in [5, 5.41) is 5.98. The van der Waals surface area contributed by atoms with E-state index in [4.69, 9.17) is 4.74 Å². The van der Waals surface area contributed by atoms with Crippen molar-refractivity contribution in [3.05, 3.63) is 23.8 Å². The van der Waals surface area contributed by atoms with Crippen LogP contribution < -0.4 is 15.4 Å². The molecule has 1 atom stereocenters. The fraction of sp³-hybridized carbons (Fsp3) is 0.579. The zero-order valence-electron chi connectivity index (χ0n) is 14.3. The van der Waals surface area contributed by atoms with E-state index in [1.807, 2.05) is 0 Å². The predicted molar refractivity (Wildman–Crippen MR) is 93.3 cm³/mol. The van der Waals surface area contributed by atoms with Gasteiger partial charge in [-0.05, 0) is 43.4 Å². The summed E-state index contributed by atoms with van der Waals surface area (Å²) in [5.41, 5.74) is 1.14. The molecule has 0 saturated heterocycles. The smallest absolute Gasteiger partial charge is 0.262 e. The first kappa shape index (κ1) is 16.8. The molecular weight excluding hydrogens is 304 g/mol. The van der Waals surface area contributed by atoms with E-state index >= 15 is 0 Å². The SMILES string of the molecule is CCCC(NC(=O)c1ccc2c(c1)NC(=O)CO2)C1CCCCC1. The zero-order valence-corrected chi connectivity index (χ0v) is 14.3. The van der Waals surface area contributed by atoms with Gasteiger partial charge in [0.1, 0.15) is 5.75 Å². The van der Waals surface area contributed by atoms with Crippen molar-refractivity contribution >= 4 is 17.5 Å². The van der Waals surface area contributed by atoms with Crippen LogP contribution in [0.4, 0.5) is 5.69 Å². The van der Waals surface area contributed by atoms with Gasteiger partial charge >= 0.3 is 0 Å². The summed E-state index contributed by atoms with van der Waals surface area (Å²) in [5.74, 6) is 0.944. The summed E-state index contributed by atoms with van der Waals surface area (Å²) >= 11 is 0. The van der Waals surface area contributed by atoms with Gasteiger partial charge < -0.3 is 15.4 Å². The van der Waals surface area contributed by atoms with Gasteiger partial charge in [0.05, 0.1) is 5.69 Å². The Labute approximate surface area is 143 Å². The fourth-order valence-corrected chi connectivity index (χ4v) is 3.75. The molecule has 1 aromatic carbocycles. The second-order valence-corrected chi connectivity index (χ2v) is 6.81. The molecule has 1 heterocycles. The molecule has 3 rings (SSSR count). The Hall–Kier alpha value is -2.04. The Bertz CT molecular complexity index is 609. The maximum atomic E-state index is 12.7. The average molecular weight is 330 g/mol. The van der Waals surface area contributed by atoms with Crippen LogP contribution in [0.2, 0.25) is 0 Å². The molecule has 1 aliphatic carbocycles. The second kappa shape index (κ2) is 7.69. The number of fused-ring (bicyclic) bond motifs is 1. The number of hydrogen-bond acceptors (Lipinski definition) is 3. The van der Waals surface area contributed by atoms with Gasteiger partial charge in [0.25, 0.3) is 11.8 Å². The Morgan fingerprint density at radius 3 is 2.88 bits per heavy atom. The Balaban J connectivity index is 1.70. The van der Waals surface area contributed by atoms with Crippen LogP contribution in [0.5, 0.6) is 5.75 Å². The molecular formula is C19H26N2O3. The molecule has 5 nitrogen and oxygen atoms in total. The van der Waals surface area contributed by atoms with Gasteiger partial charge in [0.15, 0.2) is 6.61 Å². The Morgan fingerprint density at radius 1 is 1.33 bits per heavy atom. The number of anilines is 1. The van der Waals surface area contributed by atoms with Crippen molar-refractivity contribution in [3.8, 4) is 5.75 Å². The lowest BCUT2D eigenvalue weighted by Crippen LogP contribution is -2.41. The molecule has 2 aliphatic rings. The molecule has 1 aromatic rings. The van der Waals surface area contributed by atoms with E-state index in [9.17, 15) is 9.59 Å². The summed E-state index contributed by atoms with van der Waals surface area (Å²) in [4.78, 5) is 24.1. The van der Waals surface area contributed by atoms with E-state index in [1.54, 1.807) is 18.2 Å². The average Bonchev–Trinajstić information content (AvgIpc) is 2.61. The van der Waals surface area contributed by atoms with Gasteiger partial charge in [-0.25, -0.2) is 0 Å². The molecule has 2 N–H and O–H groups in total. The van der Waals surface area contributed by atoms with E-state index < -0.39 is 0 Å². The van der Waals surface area contributed by atoms with Crippen molar-refractivity contribution < 1.29 is 14.3 Å². The van der Waals surface area contributed by atoms with E-state index in [2.05, 4.69) is 17.6 Å². The molecule has 2 amide bonds. The van der Waals surface area contributed by atoms with Gasteiger partial charge in [-0.3, -0.25) is 9.59 Å².